The Hall–Kier alpha value is -0.610. The van der Waals surface area contributed by atoms with Crippen molar-refractivity contribution in [1.82, 2.24) is 10.2 Å². The van der Waals surface area contributed by atoms with Crippen molar-refractivity contribution in [1.29, 1.82) is 0 Å². The predicted molar refractivity (Wildman–Crippen MR) is 73.8 cm³/mol. The summed E-state index contributed by atoms with van der Waals surface area (Å²) in [6.07, 6.45) is 5.75. The van der Waals surface area contributed by atoms with Gasteiger partial charge in [0.15, 0.2) is 0 Å². The van der Waals surface area contributed by atoms with Gasteiger partial charge < -0.3 is 15.3 Å². The van der Waals surface area contributed by atoms with E-state index in [9.17, 15) is 4.79 Å². The average Bonchev–Trinajstić information content (AvgIpc) is 2.40. The number of likely N-dealkylation sites (tertiary alicyclic amines) is 1. The van der Waals surface area contributed by atoms with Crippen LogP contribution in [0.3, 0.4) is 0 Å². The summed E-state index contributed by atoms with van der Waals surface area (Å²) in [6, 6.07) is -0.408. The van der Waals surface area contributed by atoms with Gasteiger partial charge in [0.2, 0.25) is 0 Å². The Bertz CT molecular complexity index is 255. The Morgan fingerprint density at radius 3 is 2.28 bits per heavy atom. The first kappa shape index (κ1) is 15.4. The molecule has 2 N–H and O–H groups in total. The molecular formula is C14H28N2O2. The minimum Gasteiger partial charge on any atom is -0.480 e. The number of nitrogens with zero attached hydrogens (tertiary/aromatic N) is 1. The number of nitrogens with one attached hydrogen (secondary N) is 1. The Morgan fingerprint density at radius 2 is 1.89 bits per heavy atom. The summed E-state index contributed by atoms with van der Waals surface area (Å²) in [5, 5.41) is 11.8. The van der Waals surface area contributed by atoms with Gasteiger partial charge in [-0.3, -0.25) is 4.79 Å². The zero-order chi connectivity index (χ0) is 13.6. The summed E-state index contributed by atoms with van der Waals surface area (Å²) < 4.78 is 0. The van der Waals surface area contributed by atoms with Gasteiger partial charge in [0, 0.05) is 6.54 Å². The molecule has 1 rings (SSSR count). The summed E-state index contributed by atoms with van der Waals surface area (Å²) in [7, 11) is 1.72. The largest absolute Gasteiger partial charge is 0.480 e. The van der Waals surface area contributed by atoms with Gasteiger partial charge in [-0.05, 0) is 44.8 Å². The lowest BCUT2D eigenvalue weighted by molar-refractivity contribution is -0.139. The number of carbonyl (C=O) groups is 1. The number of hydrogen-bond donors (Lipinski definition) is 2. The molecule has 0 aliphatic carbocycles. The number of carboxylic acids is 1. The van der Waals surface area contributed by atoms with Gasteiger partial charge in [-0.25, -0.2) is 0 Å². The molecule has 18 heavy (non-hydrogen) atoms. The number of rotatable bonds is 7. The first-order valence-electron chi connectivity index (χ1n) is 7.19. The van der Waals surface area contributed by atoms with Crippen LogP contribution in [0.5, 0.6) is 0 Å². The number of hydrogen-bond acceptors (Lipinski definition) is 3. The van der Waals surface area contributed by atoms with Gasteiger partial charge in [0.25, 0.3) is 0 Å². The van der Waals surface area contributed by atoms with Crippen molar-refractivity contribution in [3.05, 3.63) is 0 Å². The fraction of sp³-hybridized carbons (Fsp3) is 0.929. The molecule has 0 bridgehead atoms. The van der Waals surface area contributed by atoms with Gasteiger partial charge >= 0.3 is 5.97 Å². The second kappa shape index (κ2) is 7.10. The highest BCUT2D eigenvalue weighted by molar-refractivity contribution is 5.73. The minimum absolute atomic E-state index is 0.408. The van der Waals surface area contributed by atoms with Crippen LogP contribution in [0.15, 0.2) is 0 Å². The average molecular weight is 256 g/mol. The summed E-state index contributed by atoms with van der Waals surface area (Å²) in [4.78, 5) is 13.3. The molecule has 1 atom stereocenters. The Labute approximate surface area is 111 Å². The highest BCUT2D eigenvalue weighted by Crippen LogP contribution is 2.37. The van der Waals surface area contributed by atoms with Gasteiger partial charge in [-0.1, -0.05) is 26.7 Å². The molecule has 0 amide bonds. The molecule has 0 aromatic carbocycles. The normalized spacial score (nSPS) is 21.7. The second-order valence-corrected chi connectivity index (χ2v) is 5.52. The van der Waals surface area contributed by atoms with Crippen molar-refractivity contribution in [3.8, 4) is 0 Å². The molecule has 1 aliphatic heterocycles. The van der Waals surface area contributed by atoms with Crippen molar-refractivity contribution in [2.45, 2.75) is 52.0 Å². The van der Waals surface area contributed by atoms with Crippen LogP contribution in [0.2, 0.25) is 0 Å². The number of piperidine rings is 1. The van der Waals surface area contributed by atoms with E-state index >= 15 is 0 Å². The lowest BCUT2D eigenvalue weighted by Crippen LogP contribution is -2.43. The van der Waals surface area contributed by atoms with Crippen molar-refractivity contribution in [2.24, 2.45) is 5.41 Å². The molecule has 4 nitrogen and oxygen atoms in total. The summed E-state index contributed by atoms with van der Waals surface area (Å²) in [5.74, 6) is -0.744. The SMILES string of the molecule is CCC1(CC)CCN(CCC(NC)C(=O)O)CC1. The molecule has 1 aliphatic rings. The maximum atomic E-state index is 10.9. The van der Waals surface area contributed by atoms with E-state index in [2.05, 4.69) is 24.1 Å². The molecule has 0 spiro atoms. The van der Waals surface area contributed by atoms with Crippen LogP contribution in [0.25, 0.3) is 0 Å². The standard InChI is InChI=1S/C14H28N2O2/c1-4-14(5-2)7-10-16(11-8-14)9-6-12(15-3)13(17)18/h12,15H,4-11H2,1-3H3,(H,17,18). The smallest absolute Gasteiger partial charge is 0.320 e. The third-order valence-electron chi connectivity index (χ3n) is 4.80. The topological polar surface area (TPSA) is 52.6 Å². The first-order valence-corrected chi connectivity index (χ1v) is 7.19. The van der Waals surface area contributed by atoms with Crippen LogP contribution in [0, 0.1) is 5.41 Å². The fourth-order valence-electron chi connectivity index (χ4n) is 2.91. The van der Waals surface area contributed by atoms with E-state index in [1.807, 2.05) is 0 Å². The van der Waals surface area contributed by atoms with E-state index in [0.29, 0.717) is 11.8 Å². The van der Waals surface area contributed by atoms with Crippen molar-refractivity contribution in [2.75, 3.05) is 26.7 Å². The molecular weight excluding hydrogens is 228 g/mol. The molecule has 106 valence electrons. The maximum Gasteiger partial charge on any atom is 0.320 e. The van der Waals surface area contributed by atoms with Crippen LogP contribution < -0.4 is 5.32 Å². The van der Waals surface area contributed by atoms with E-state index in [1.54, 1.807) is 7.05 Å². The number of carboxylic acid groups (broad SMARTS) is 1. The maximum absolute atomic E-state index is 10.9. The Balaban J connectivity index is 2.33. The monoisotopic (exact) mass is 256 g/mol. The van der Waals surface area contributed by atoms with E-state index in [-0.39, 0.29) is 0 Å². The minimum atomic E-state index is -0.744. The molecule has 1 heterocycles. The third-order valence-corrected chi connectivity index (χ3v) is 4.80. The second-order valence-electron chi connectivity index (χ2n) is 5.52. The lowest BCUT2D eigenvalue weighted by Gasteiger charge is -2.41. The summed E-state index contributed by atoms with van der Waals surface area (Å²) in [6.45, 7) is 7.72. The molecule has 0 aromatic rings. The highest BCUT2D eigenvalue weighted by Gasteiger charge is 2.31. The number of likely N-dealkylation sites (N-methyl/N-ethyl adjacent to an activating group) is 1. The van der Waals surface area contributed by atoms with E-state index < -0.39 is 12.0 Å². The Kier molecular flexibility index (Phi) is 6.09. The molecule has 1 saturated heterocycles. The van der Waals surface area contributed by atoms with Gasteiger partial charge in [0.05, 0.1) is 0 Å². The van der Waals surface area contributed by atoms with Crippen LogP contribution in [0.4, 0.5) is 0 Å². The lowest BCUT2D eigenvalue weighted by atomic mass is 9.74. The molecule has 4 heteroatoms. The van der Waals surface area contributed by atoms with Crippen molar-refractivity contribution < 1.29 is 9.90 Å². The molecule has 0 aromatic heterocycles. The molecule has 1 fully saturated rings. The first-order chi connectivity index (χ1) is 8.56. The van der Waals surface area contributed by atoms with Crippen LogP contribution in [-0.2, 0) is 4.79 Å². The highest BCUT2D eigenvalue weighted by atomic mass is 16.4. The van der Waals surface area contributed by atoms with E-state index in [4.69, 9.17) is 5.11 Å². The summed E-state index contributed by atoms with van der Waals surface area (Å²) in [5.41, 5.74) is 0.547. The zero-order valence-corrected chi connectivity index (χ0v) is 12.0. The van der Waals surface area contributed by atoms with Gasteiger partial charge in [-0.15, -0.1) is 0 Å². The van der Waals surface area contributed by atoms with Gasteiger partial charge in [-0.2, -0.15) is 0 Å². The van der Waals surface area contributed by atoms with E-state index in [1.165, 1.54) is 25.7 Å². The van der Waals surface area contributed by atoms with E-state index in [0.717, 1.165) is 19.6 Å². The van der Waals surface area contributed by atoms with Crippen LogP contribution in [0.1, 0.15) is 46.0 Å². The third kappa shape index (κ3) is 3.95. The van der Waals surface area contributed by atoms with Crippen molar-refractivity contribution >= 4 is 5.97 Å². The quantitative estimate of drug-likeness (QED) is 0.731. The van der Waals surface area contributed by atoms with Crippen LogP contribution in [-0.4, -0.2) is 48.7 Å². The van der Waals surface area contributed by atoms with Gasteiger partial charge in [0.1, 0.15) is 6.04 Å². The summed E-state index contributed by atoms with van der Waals surface area (Å²) >= 11 is 0. The van der Waals surface area contributed by atoms with Crippen LogP contribution >= 0.6 is 0 Å². The Morgan fingerprint density at radius 1 is 1.33 bits per heavy atom. The molecule has 0 radical (unpaired) electrons. The molecule has 0 saturated carbocycles. The number of aliphatic carboxylic acids is 1. The molecule has 1 unspecified atom stereocenters. The zero-order valence-electron chi connectivity index (χ0n) is 12.0. The van der Waals surface area contributed by atoms with Crippen molar-refractivity contribution in [3.63, 3.8) is 0 Å². The fourth-order valence-corrected chi connectivity index (χ4v) is 2.91. The predicted octanol–water partition coefficient (Wildman–Crippen LogP) is 1.95.